The highest BCUT2D eigenvalue weighted by Gasteiger charge is 2.11. The number of fused-ring (bicyclic) bond motifs is 1. The number of nitrogens with one attached hydrogen (secondary N) is 2. The highest BCUT2D eigenvalue weighted by atomic mass is 16.1. The van der Waals surface area contributed by atoms with E-state index in [0.29, 0.717) is 22.8 Å². The van der Waals surface area contributed by atoms with Crippen LogP contribution in [0.1, 0.15) is 33.6 Å². The first-order valence-electron chi connectivity index (χ1n) is 8.90. The Bertz CT molecular complexity index is 1150. The fourth-order valence-corrected chi connectivity index (χ4v) is 2.96. The normalized spacial score (nSPS) is 10.8. The molecule has 0 spiro atoms. The molecular formula is C22H18N4O2. The number of H-pyrrole nitrogens is 1. The minimum atomic E-state index is -0.287. The second-order valence-corrected chi connectivity index (χ2v) is 6.43. The van der Waals surface area contributed by atoms with Crippen molar-refractivity contribution >= 4 is 22.7 Å². The van der Waals surface area contributed by atoms with Crippen molar-refractivity contribution < 1.29 is 9.59 Å². The number of nitrogens with zero attached hydrogens (tertiary/aromatic N) is 2. The van der Waals surface area contributed by atoms with E-state index in [1.165, 1.54) is 6.92 Å². The van der Waals surface area contributed by atoms with E-state index in [-0.39, 0.29) is 18.2 Å². The number of imidazole rings is 1. The molecule has 0 aliphatic heterocycles. The van der Waals surface area contributed by atoms with Crippen LogP contribution in [-0.4, -0.2) is 26.6 Å². The van der Waals surface area contributed by atoms with E-state index in [2.05, 4.69) is 20.3 Å². The van der Waals surface area contributed by atoms with Crippen LogP contribution in [0.5, 0.6) is 0 Å². The Hall–Kier alpha value is -3.80. The van der Waals surface area contributed by atoms with Crippen molar-refractivity contribution in [2.24, 2.45) is 0 Å². The van der Waals surface area contributed by atoms with Crippen LogP contribution >= 0.6 is 0 Å². The minimum Gasteiger partial charge on any atom is -0.343 e. The summed E-state index contributed by atoms with van der Waals surface area (Å²) in [6.45, 7) is 1.80. The fraction of sp³-hybridized carbons (Fsp3) is 0.0909. The van der Waals surface area contributed by atoms with Gasteiger partial charge in [0.15, 0.2) is 5.78 Å². The number of carbonyl (C=O) groups is 2. The van der Waals surface area contributed by atoms with E-state index in [1.54, 1.807) is 24.3 Å². The van der Waals surface area contributed by atoms with Gasteiger partial charge >= 0.3 is 0 Å². The van der Waals surface area contributed by atoms with E-state index in [0.717, 1.165) is 16.6 Å². The van der Waals surface area contributed by atoms with Gasteiger partial charge in [-0.15, -0.1) is 0 Å². The molecule has 138 valence electrons. The van der Waals surface area contributed by atoms with Crippen LogP contribution in [0.2, 0.25) is 0 Å². The SMILES string of the molecule is CC(=O)c1cccc(-c2cccc(C(=O)NCc3nc4ccccc4[nH]3)n2)c1. The summed E-state index contributed by atoms with van der Waals surface area (Å²) in [6, 6.07) is 20.2. The van der Waals surface area contributed by atoms with Crippen LogP contribution in [0.15, 0.2) is 66.7 Å². The van der Waals surface area contributed by atoms with Crippen molar-refractivity contribution in [1.82, 2.24) is 20.3 Å². The minimum absolute atomic E-state index is 0.0124. The molecule has 0 saturated heterocycles. The smallest absolute Gasteiger partial charge is 0.270 e. The lowest BCUT2D eigenvalue weighted by atomic mass is 10.1. The Labute approximate surface area is 161 Å². The molecule has 1 amide bonds. The predicted octanol–water partition coefficient (Wildman–Crippen LogP) is 3.76. The second-order valence-electron chi connectivity index (χ2n) is 6.43. The largest absolute Gasteiger partial charge is 0.343 e. The van der Waals surface area contributed by atoms with Crippen LogP contribution in [0.3, 0.4) is 0 Å². The number of hydrogen-bond acceptors (Lipinski definition) is 4. The number of hydrogen-bond donors (Lipinski definition) is 2. The summed E-state index contributed by atoms with van der Waals surface area (Å²) in [5, 5.41) is 2.84. The molecule has 0 saturated carbocycles. The summed E-state index contributed by atoms with van der Waals surface area (Å²) in [6.07, 6.45) is 0. The zero-order valence-electron chi connectivity index (χ0n) is 15.3. The summed E-state index contributed by atoms with van der Waals surface area (Å²) in [5.74, 6) is 0.381. The van der Waals surface area contributed by atoms with Gasteiger partial charge in [0.2, 0.25) is 0 Å². The zero-order chi connectivity index (χ0) is 19.5. The third-order valence-electron chi connectivity index (χ3n) is 4.40. The monoisotopic (exact) mass is 370 g/mol. The van der Waals surface area contributed by atoms with Gasteiger partial charge in [0.05, 0.1) is 23.3 Å². The lowest BCUT2D eigenvalue weighted by molar-refractivity contribution is 0.0944. The highest BCUT2D eigenvalue weighted by Crippen LogP contribution is 2.19. The third kappa shape index (κ3) is 3.66. The Morgan fingerprint density at radius 1 is 0.964 bits per heavy atom. The Morgan fingerprint density at radius 3 is 2.61 bits per heavy atom. The van der Waals surface area contributed by atoms with Crippen LogP contribution in [0, 0.1) is 0 Å². The molecule has 0 aliphatic rings. The summed E-state index contributed by atoms with van der Waals surface area (Å²) in [4.78, 5) is 36.2. The maximum Gasteiger partial charge on any atom is 0.270 e. The molecule has 4 aromatic rings. The molecule has 0 unspecified atom stereocenters. The maximum atomic E-state index is 12.5. The van der Waals surface area contributed by atoms with E-state index >= 15 is 0 Å². The highest BCUT2D eigenvalue weighted by molar-refractivity contribution is 5.95. The average molecular weight is 370 g/mol. The molecule has 0 atom stereocenters. The molecule has 6 heteroatoms. The fourth-order valence-electron chi connectivity index (χ4n) is 2.96. The van der Waals surface area contributed by atoms with Crippen LogP contribution in [0.25, 0.3) is 22.3 Å². The number of pyridine rings is 1. The van der Waals surface area contributed by atoms with Crippen molar-refractivity contribution in [2.45, 2.75) is 13.5 Å². The Morgan fingerprint density at radius 2 is 1.79 bits per heavy atom. The van der Waals surface area contributed by atoms with Crippen LogP contribution < -0.4 is 5.32 Å². The zero-order valence-corrected chi connectivity index (χ0v) is 15.3. The van der Waals surface area contributed by atoms with Gasteiger partial charge < -0.3 is 10.3 Å². The van der Waals surface area contributed by atoms with Gasteiger partial charge in [0.1, 0.15) is 11.5 Å². The molecule has 2 heterocycles. The van der Waals surface area contributed by atoms with Crippen molar-refractivity contribution in [2.75, 3.05) is 0 Å². The second kappa shape index (κ2) is 7.44. The molecule has 4 rings (SSSR count). The predicted molar refractivity (Wildman–Crippen MR) is 107 cm³/mol. The molecule has 2 aromatic carbocycles. The first kappa shape index (κ1) is 17.6. The number of para-hydroxylation sites is 2. The first-order valence-corrected chi connectivity index (χ1v) is 8.90. The standard InChI is InChI=1S/C22H18N4O2/c1-14(27)15-6-4-7-16(12-15)17-10-5-11-20(24-17)22(28)23-13-21-25-18-8-2-3-9-19(18)26-21/h2-12H,13H2,1H3,(H,23,28)(H,25,26). The van der Waals surface area contributed by atoms with Gasteiger partial charge in [-0.05, 0) is 37.3 Å². The summed E-state index contributed by atoms with van der Waals surface area (Å²) in [7, 11) is 0. The van der Waals surface area contributed by atoms with Crippen molar-refractivity contribution in [3.63, 3.8) is 0 Å². The van der Waals surface area contributed by atoms with Crippen molar-refractivity contribution in [3.8, 4) is 11.3 Å². The van der Waals surface area contributed by atoms with Gasteiger partial charge in [-0.2, -0.15) is 0 Å². The van der Waals surface area contributed by atoms with Gasteiger partial charge in [-0.3, -0.25) is 9.59 Å². The number of rotatable bonds is 5. The summed E-state index contributed by atoms with van der Waals surface area (Å²) >= 11 is 0. The topological polar surface area (TPSA) is 87.7 Å². The van der Waals surface area contributed by atoms with Crippen LogP contribution in [0.4, 0.5) is 0 Å². The van der Waals surface area contributed by atoms with Gasteiger partial charge in [-0.25, -0.2) is 9.97 Å². The molecule has 2 N–H and O–H groups in total. The lowest BCUT2D eigenvalue weighted by Gasteiger charge is -2.06. The molecule has 0 fully saturated rings. The third-order valence-corrected chi connectivity index (χ3v) is 4.40. The molecule has 0 bridgehead atoms. The first-order chi connectivity index (χ1) is 13.6. The number of Topliss-reactive ketones (excluding diaryl/α,β-unsaturated/α-hetero) is 1. The van der Waals surface area contributed by atoms with Gasteiger partial charge in [0.25, 0.3) is 5.91 Å². The van der Waals surface area contributed by atoms with Gasteiger partial charge in [0, 0.05) is 11.1 Å². The average Bonchev–Trinajstić information content (AvgIpc) is 3.15. The van der Waals surface area contributed by atoms with Crippen LogP contribution in [-0.2, 0) is 6.54 Å². The Kier molecular flexibility index (Phi) is 4.68. The number of carbonyl (C=O) groups excluding carboxylic acids is 2. The van der Waals surface area contributed by atoms with Crippen molar-refractivity contribution in [3.05, 3.63) is 83.8 Å². The molecule has 2 aromatic heterocycles. The maximum absolute atomic E-state index is 12.5. The van der Waals surface area contributed by atoms with E-state index in [1.807, 2.05) is 42.5 Å². The van der Waals surface area contributed by atoms with Crippen molar-refractivity contribution in [1.29, 1.82) is 0 Å². The van der Waals surface area contributed by atoms with Gasteiger partial charge in [-0.1, -0.05) is 36.4 Å². The number of amides is 1. The molecule has 0 radical (unpaired) electrons. The number of ketones is 1. The molecule has 0 aliphatic carbocycles. The number of benzene rings is 2. The number of aromatic nitrogens is 3. The Balaban J connectivity index is 1.51. The van der Waals surface area contributed by atoms with E-state index in [9.17, 15) is 9.59 Å². The molecule has 28 heavy (non-hydrogen) atoms. The molecular weight excluding hydrogens is 352 g/mol. The summed E-state index contributed by atoms with van der Waals surface area (Å²) in [5.41, 5.74) is 4.13. The number of aromatic amines is 1. The quantitative estimate of drug-likeness (QED) is 0.524. The lowest BCUT2D eigenvalue weighted by Crippen LogP contribution is -2.24. The molecule has 6 nitrogen and oxygen atoms in total. The van der Waals surface area contributed by atoms with E-state index in [4.69, 9.17) is 0 Å². The summed E-state index contributed by atoms with van der Waals surface area (Å²) < 4.78 is 0. The van der Waals surface area contributed by atoms with E-state index < -0.39 is 0 Å².